The molecule has 6 nitrogen and oxygen atoms in total. The molecule has 1 aromatic carbocycles. The number of carbonyl (C=O) groups excluding carboxylic acids is 1. The number of fused-ring (bicyclic) bond motifs is 2. The van der Waals surface area contributed by atoms with Crippen LogP contribution in [0.3, 0.4) is 0 Å². The highest BCUT2D eigenvalue weighted by molar-refractivity contribution is 6.07. The van der Waals surface area contributed by atoms with Gasteiger partial charge in [0.1, 0.15) is 17.1 Å². The number of nitrogens with zero attached hydrogens (tertiary/aromatic N) is 2. The van der Waals surface area contributed by atoms with Gasteiger partial charge in [0.2, 0.25) is 0 Å². The van der Waals surface area contributed by atoms with Crippen molar-refractivity contribution in [3.63, 3.8) is 0 Å². The third kappa shape index (κ3) is 3.19. The van der Waals surface area contributed by atoms with E-state index in [0.29, 0.717) is 23.5 Å². The van der Waals surface area contributed by atoms with Crippen LogP contribution in [-0.2, 0) is 15.1 Å². The van der Waals surface area contributed by atoms with E-state index in [1.165, 1.54) is 4.90 Å². The average molecular weight is 381 g/mol. The second-order valence-electron chi connectivity index (χ2n) is 7.72. The molecule has 0 aromatic heterocycles. The average Bonchev–Trinajstić information content (AvgIpc) is 2.84. The molecule has 1 aromatic rings. The number of hydrogen-bond donors (Lipinski definition) is 1. The molecule has 2 aliphatic heterocycles. The van der Waals surface area contributed by atoms with Gasteiger partial charge in [-0.1, -0.05) is 18.7 Å². The van der Waals surface area contributed by atoms with Gasteiger partial charge < -0.3 is 15.2 Å². The van der Waals surface area contributed by atoms with E-state index in [1.807, 2.05) is 57.2 Å². The van der Waals surface area contributed by atoms with E-state index >= 15 is 0 Å². The molecular formula is C22H27N3O3. The van der Waals surface area contributed by atoms with Crippen LogP contribution in [0.5, 0.6) is 5.75 Å². The summed E-state index contributed by atoms with van der Waals surface area (Å²) in [7, 11) is 3.26. The molecule has 1 amide bonds. The maximum Gasteiger partial charge on any atom is 0.261 e. The standard InChI is InChI=1S/C22H27N3O3/c1-7-8-16(27-6)11-14(2)15-9-10-18-17(12-15)22(13-21(3,4)28-18)19(26)25(5)20(23)24-22/h7-12H,2,13H2,1,3-6H3,(H2,23,24)/b8-7-,16-11+. The van der Waals surface area contributed by atoms with Crippen LogP contribution in [0.4, 0.5) is 0 Å². The Morgan fingerprint density at radius 1 is 1.43 bits per heavy atom. The zero-order chi connectivity index (χ0) is 20.7. The summed E-state index contributed by atoms with van der Waals surface area (Å²) in [5.74, 6) is 1.40. The molecule has 6 heteroatoms. The van der Waals surface area contributed by atoms with E-state index in [0.717, 1.165) is 11.1 Å². The highest BCUT2D eigenvalue weighted by atomic mass is 16.5. The third-order valence-electron chi connectivity index (χ3n) is 5.05. The second-order valence-corrected chi connectivity index (χ2v) is 7.72. The molecule has 1 spiro atoms. The van der Waals surface area contributed by atoms with Crippen molar-refractivity contribution in [1.82, 2.24) is 4.90 Å². The van der Waals surface area contributed by atoms with Gasteiger partial charge in [0.15, 0.2) is 11.5 Å². The predicted molar refractivity (Wildman–Crippen MR) is 111 cm³/mol. The monoisotopic (exact) mass is 381 g/mol. The molecule has 148 valence electrons. The second kappa shape index (κ2) is 6.86. The highest BCUT2D eigenvalue weighted by Gasteiger charge is 2.55. The number of hydrogen-bond acceptors (Lipinski definition) is 5. The quantitative estimate of drug-likeness (QED) is 0.641. The van der Waals surface area contributed by atoms with Crippen LogP contribution in [-0.4, -0.2) is 36.5 Å². The van der Waals surface area contributed by atoms with Crippen molar-refractivity contribution in [2.24, 2.45) is 10.7 Å². The molecule has 2 aliphatic rings. The minimum atomic E-state index is -1.08. The number of amides is 1. The Morgan fingerprint density at radius 3 is 2.71 bits per heavy atom. The lowest BCUT2D eigenvalue weighted by Crippen LogP contribution is -2.49. The molecule has 0 aliphatic carbocycles. The molecule has 0 radical (unpaired) electrons. The van der Waals surface area contributed by atoms with Crippen LogP contribution in [0.2, 0.25) is 0 Å². The van der Waals surface area contributed by atoms with Gasteiger partial charge in [-0.15, -0.1) is 0 Å². The lowest BCUT2D eigenvalue weighted by Gasteiger charge is -2.41. The number of nitrogens with two attached hydrogens (primary N) is 1. The van der Waals surface area contributed by atoms with Crippen molar-refractivity contribution >= 4 is 17.4 Å². The number of guanidine groups is 1. The molecule has 0 fully saturated rings. The number of allylic oxidation sites excluding steroid dienone is 4. The number of likely N-dealkylation sites (N-methyl/N-ethyl adjacent to an activating group) is 1. The zero-order valence-corrected chi connectivity index (χ0v) is 17.1. The fourth-order valence-electron chi connectivity index (χ4n) is 3.77. The number of methoxy groups -OCH3 is 1. The molecule has 3 rings (SSSR count). The molecule has 2 heterocycles. The van der Waals surface area contributed by atoms with E-state index < -0.39 is 11.1 Å². The van der Waals surface area contributed by atoms with Crippen LogP contribution < -0.4 is 10.5 Å². The van der Waals surface area contributed by atoms with Crippen molar-refractivity contribution in [3.05, 3.63) is 59.9 Å². The Balaban J connectivity index is 2.13. The predicted octanol–water partition coefficient (Wildman–Crippen LogP) is 3.35. The fraction of sp³-hybridized carbons (Fsp3) is 0.364. The van der Waals surface area contributed by atoms with Crippen LogP contribution in [0.15, 0.2) is 53.8 Å². The lowest BCUT2D eigenvalue weighted by atomic mass is 9.77. The first kappa shape index (κ1) is 19.7. The van der Waals surface area contributed by atoms with E-state index in [2.05, 4.69) is 11.6 Å². The summed E-state index contributed by atoms with van der Waals surface area (Å²) in [6, 6.07) is 5.71. The number of ether oxygens (including phenoxy) is 2. The summed E-state index contributed by atoms with van der Waals surface area (Å²) in [4.78, 5) is 19.1. The summed E-state index contributed by atoms with van der Waals surface area (Å²) in [5, 5.41) is 0. The minimum Gasteiger partial charge on any atom is -0.497 e. The zero-order valence-electron chi connectivity index (χ0n) is 17.1. The van der Waals surface area contributed by atoms with Gasteiger partial charge in [-0.25, -0.2) is 4.99 Å². The van der Waals surface area contributed by atoms with Gasteiger partial charge in [0.25, 0.3) is 5.91 Å². The summed E-state index contributed by atoms with van der Waals surface area (Å²) in [6.07, 6.45) is 6.01. The van der Waals surface area contributed by atoms with E-state index in [1.54, 1.807) is 14.2 Å². The molecule has 0 saturated heterocycles. The van der Waals surface area contributed by atoms with Crippen LogP contribution in [0, 0.1) is 0 Å². The van der Waals surface area contributed by atoms with E-state index in [9.17, 15) is 4.79 Å². The Labute approximate surface area is 166 Å². The molecular weight excluding hydrogens is 354 g/mol. The number of carbonyl (C=O) groups is 1. The van der Waals surface area contributed by atoms with Gasteiger partial charge in [-0.2, -0.15) is 0 Å². The van der Waals surface area contributed by atoms with Gasteiger partial charge in [0, 0.05) is 19.0 Å². The summed E-state index contributed by atoms with van der Waals surface area (Å²) in [6.45, 7) is 9.97. The topological polar surface area (TPSA) is 77.2 Å². The number of benzene rings is 1. The molecule has 1 unspecified atom stereocenters. The molecule has 0 bridgehead atoms. The Bertz CT molecular complexity index is 927. The normalized spacial score (nSPS) is 23.6. The van der Waals surface area contributed by atoms with Crippen molar-refractivity contribution < 1.29 is 14.3 Å². The molecule has 1 atom stereocenters. The highest BCUT2D eigenvalue weighted by Crippen LogP contribution is 2.49. The summed E-state index contributed by atoms with van der Waals surface area (Å²) in [5.41, 5.74) is 6.69. The first-order chi connectivity index (χ1) is 13.1. The fourth-order valence-corrected chi connectivity index (χ4v) is 3.77. The van der Waals surface area contributed by atoms with Gasteiger partial charge in [-0.3, -0.25) is 9.69 Å². The smallest absolute Gasteiger partial charge is 0.261 e. The van der Waals surface area contributed by atoms with Crippen LogP contribution in [0.25, 0.3) is 5.57 Å². The number of rotatable bonds is 4. The van der Waals surface area contributed by atoms with Crippen molar-refractivity contribution in [2.75, 3.05) is 14.2 Å². The Hall–Kier alpha value is -3.02. The maximum absolute atomic E-state index is 13.1. The van der Waals surface area contributed by atoms with E-state index in [4.69, 9.17) is 15.2 Å². The molecule has 0 saturated carbocycles. The summed E-state index contributed by atoms with van der Waals surface area (Å²) >= 11 is 0. The lowest BCUT2D eigenvalue weighted by molar-refractivity contribution is -0.133. The third-order valence-corrected chi connectivity index (χ3v) is 5.05. The number of aliphatic imine (C=N–C) groups is 1. The molecule has 28 heavy (non-hydrogen) atoms. The molecule has 2 N–H and O–H groups in total. The Morgan fingerprint density at radius 2 is 2.14 bits per heavy atom. The first-order valence-electron chi connectivity index (χ1n) is 9.18. The van der Waals surface area contributed by atoms with E-state index in [-0.39, 0.29) is 11.9 Å². The maximum atomic E-state index is 13.1. The first-order valence-corrected chi connectivity index (χ1v) is 9.18. The summed E-state index contributed by atoms with van der Waals surface area (Å²) < 4.78 is 11.5. The van der Waals surface area contributed by atoms with Gasteiger partial charge >= 0.3 is 0 Å². The van der Waals surface area contributed by atoms with Crippen LogP contribution >= 0.6 is 0 Å². The minimum absolute atomic E-state index is 0.146. The van der Waals surface area contributed by atoms with Crippen molar-refractivity contribution in [2.45, 2.75) is 38.3 Å². The van der Waals surface area contributed by atoms with Gasteiger partial charge in [0.05, 0.1) is 7.11 Å². The largest absolute Gasteiger partial charge is 0.497 e. The van der Waals surface area contributed by atoms with Crippen molar-refractivity contribution in [3.8, 4) is 5.75 Å². The SMILES string of the molecule is C=C(/C=C(\C=C/C)OC)c1ccc2c(c1)C1(CC(C)(C)O2)N=C(N)N(C)C1=O. The van der Waals surface area contributed by atoms with Crippen molar-refractivity contribution in [1.29, 1.82) is 0 Å². The van der Waals surface area contributed by atoms with Gasteiger partial charge in [-0.05, 0) is 56.2 Å². The van der Waals surface area contributed by atoms with Crippen LogP contribution in [0.1, 0.15) is 38.3 Å². The Kier molecular flexibility index (Phi) is 4.83.